The van der Waals surface area contributed by atoms with Gasteiger partial charge in [0.25, 0.3) is 0 Å². The Hall–Kier alpha value is -1.33. The fraction of sp³-hybridized carbons (Fsp3) is 0.100. The number of pyridine rings is 1. The van der Waals surface area contributed by atoms with Gasteiger partial charge in [-0.1, -0.05) is 0 Å². The van der Waals surface area contributed by atoms with Gasteiger partial charge in [-0.05, 0) is 28.1 Å². The fourth-order valence-electron chi connectivity index (χ4n) is 1.73. The predicted octanol–water partition coefficient (Wildman–Crippen LogP) is 1.77. The molecule has 0 spiro atoms. The molecule has 3 rings (SSSR count). The number of aromatic nitrogens is 2. The van der Waals surface area contributed by atoms with E-state index in [9.17, 15) is 0 Å². The maximum absolute atomic E-state index is 4.29. The molecule has 0 atom stereocenters. The van der Waals surface area contributed by atoms with Crippen molar-refractivity contribution in [1.82, 2.24) is 20.8 Å². The normalized spacial score (nSPS) is 15.4. The average Bonchev–Trinajstić information content (AvgIpc) is 2.83. The Bertz CT molecular complexity index is 543. The number of hydrogen-bond acceptors (Lipinski definition) is 3. The lowest BCUT2D eigenvalue weighted by atomic mass is 10.1. The van der Waals surface area contributed by atoms with E-state index in [0.717, 1.165) is 33.3 Å². The van der Waals surface area contributed by atoms with E-state index < -0.39 is 0 Å². The minimum atomic E-state index is 0.851. The number of aromatic amines is 1. The van der Waals surface area contributed by atoms with Crippen molar-refractivity contribution in [2.45, 2.75) is 0 Å². The molecule has 15 heavy (non-hydrogen) atoms. The molecule has 0 unspecified atom stereocenters. The molecule has 0 aliphatic carbocycles. The van der Waals surface area contributed by atoms with E-state index >= 15 is 0 Å². The van der Waals surface area contributed by atoms with Gasteiger partial charge in [-0.15, -0.1) is 0 Å². The number of fused-ring (bicyclic) bond motifs is 1. The third-order valence-electron chi connectivity index (χ3n) is 2.42. The molecular weight excluding hydrogens is 256 g/mol. The second kappa shape index (κ2) is 3.36. The van der Waals surface area contributed by atoms with Gasteiger partial charge in [-0.2, -0.15) is 0 Å². The summed E-state index contributed by atoms with van der Waals surface area (Å²) >= 11 is 3.43. The Balaban J connectivity index is 2.22. The second-order valence-electron chi connectivity index (χ2n) is 3.38. The molecule has 0 radical (unpaired) electrons. The molecule has 0 saturated carbocycles. The van der Waals surface area contributed by atoms with Gasteiger partial charge in [0.1, 0.15) is 5.65 Å². The highest BCUT2D eigenvalue weighted by molar-refractivity contribution is 9.10. The van der Waals surface area contributed by atoms with Gasteiger partial charge in [0.2, 0.25) is 0 Å². The molecule has 5 heteroatoms. The second-order valence-corrected chi connectivity index (χ2v) is 4.29. The Morgan fingerprint density at radius 3 is 3.13 bits per heavy atom. The number of rotatable bonds is 1. The Labute approximate surface area is 94.9 Å². The number of nitrogens with one attached hydrogen (secondary N) is 3. The lowest BCUT2D eigenvalue weighted by Gasteiger charge is -2.01. The monoisotopic (exact) mass is 264 g/mol. The first-order chi connectivity index (χ1) is 7.34. The lowest BCUT2D eigenvalue weighted by Crippen LogP contribution is -2.22. The maximum Gasteiger partial charge on any atom is 0.137 e. The molecule has 0 saturated heterocycles. The van der Waals surface area contributed by atoms with Gasteiger partial charge in [0, 0.05) is 34.4 Å². The van der Waals surface area contributed by atoms with Crippen LogP contribution in [0.15, 0.2) is 29.0 Å². The summed E-state index contributed by atoms with van der Waals surface area (Å²) in [6, 6.07) is 2.06. The summed E-state index contributed by atoms with van der Waals surface area (Å²) in [6.45, 7) is 0.851. The van der Waals surface area contributed by atoms with E-state index in [1.54, 1.807) is 6.20 Å². The molecular formula is C10H9BrN4. The van der Waals surface area contributed by atoms with Crippen LogP contribution in [-0.2, 0) is 0 Å². The highest BCUT2D eigenvalue weighted by atomic mass is 79.9. The molecule has 1 aliphatic heterocycles. The molecule has 0 aromatic carbocycles. The zero-order valence-electron chi connectivity index (χ0n) is 7.84. The van der Waals surface area contributed by atoms with E-state index in [1.807, 2.05) is 6.20 Å². The van der Waals surface area contributed by atoms with Crippen LogP contribution >= 0.6 is 15.9 Å². The van der Waals surface area contributed by atoms with E-state index in [2.05, 4.69) is 48.9 Å². The first-order valence-electron chi connectivity index (χ1n) is 4.66. The van der Waals surface area contributed by atoms with Gasteiger partial charge in [-0.3, -0.25) is 0 Å². The van der Waals surface area contributed by atoms with Crippen molar-refractivity contribution in [2.24, 2.45) is 0 Å². The zero-order valence-corrected chi connectivity index (χ0v) is 9.43. The third kappa shape index (κ3) is 1.44. The summed E-state index contributed by atoms with van der Waals surface area (Å²) in [6.07, 6.45) is 5.87. The van der Waals surface area contributed by atoms with Crippen LogP contribution in [0.4, 0.5) is 0 Å². The quantitative estimate of drug-likeness (QED) is 0.736. The van der Waals surface area contributed by atoms with Crippen molar-refractivity contribution in [3.63, 3.8) is 0 Å². The highest BCUT2D eigenvalue weighted by Crippen LogP contribution is 2.25. The van der Waals surface area contributed by atoms with Crippen molar-refractivity contribution < 1.29 is 0 Å². The van der Waals surface area contributed by atoms with Gasteiger partial charge in [0.15, 0.2) is 0 Å². The minimum absolute atomic E-state index is 0.851. The van der Waals surface area contributed by atoms with Crippen molar-refractivity contribution >= 4 is 32.7 Å². The highest BCUT2D eigenvalue weighted by Gasteiger charge is 2.11. The van der Waals surface area contributed by atoms with E-state index in [-0.39, 0.29) is 0 Å². The molecule has 2 aromatic heterocycles. The topological polar surface area (TPSA) is 52.7 Å². The third-order valence-corrected chi connectivity index (χ3v) is 2.85. The van der Waals surface area contributed by atoms with Crippen LogP contribution in [-0.4, -0.2) is 16.5 Å². The molecule has 76 valence electrons. The summed E-state index contributed by atoms with van der Waals surface area (Å²) in [5.41, 5.74) is 9.32. The Kier molecular flexibility index (Phi) is 2.00. The number of halogens is 1. The van der Waals surface area contributed by atoms with Crippen LogP contribution < -0.4 is 10.9 Å². The molecule has 0 amide bonds. The SMILES string of the molecule is Brc1cnc2[nH]cc(C3=CCNN3)c2c1. The summed E-state index contributed by atoms with van der Waals surface area (Å²) < 4.78 is 0.988. The largest absolute Gasteiger partial charge is 0.345 e. The number of nitrogens with zero attached hydrogens (tertiary/aromatic N) is 1. The van der Waals surface area contributed by atoms with Crippen LogP contribution in [0.1, 0.15) is 5.56 Å². The molecule has 0 bridgehead atoms. The lowest BCUT2D eigenvalue weighted by molar-refractivity contribution is 0.739. The smallest absolute Gasteiger partial charge is 0.137 e. The molecule has 3 heterocycles. The molecule has 3 N–H and O–H groups in total. The van der Waals surface area contributed by atoms with Gasteiger partial charge >= 0.3 is 0 Å². The molecule has 0 fully saturated rings. The van der Waals surface area contributed by atoms with Crippen LogP contribution in [0, 0.1) is 0 Å². The summed E-state index contributed by atoms with van der Waals surface area (Å²) in [5, 5.41) is 1.12. The van der Waals surface area contributed by atoms with Crippen LogP contribution in [0.25, 0.3) is 16.7 Å². The number of H-pyrrole nitrogens is 1. The first-order valence-corrected chi connectivity index (χ1v) is 5.46. The number of hydrazine groups is 1. The van der Waals surface area contributed by atoms with Crippen LogP contribution in [0.5, 0.6) is 0 Å². The fourth-order valence-corrected chi connectivity index (χ4v) is 2.06. The molecule has 1 aliphatic rings. The van der Waals surface area contributed by atoms with E-state index in [4.69, 9.17) is 0 Å². The van der Waals surface area contributed by atoms with E-state index in [0.29, 0.717) is 0 Å². The predicted molar refractivity (Wildman–Crippen MR) is 62.9 cm³/mol. The van der Waals surface area contributed by atoms with Gasteiger partial charge in [-0.25, -0.2) is 10.4 Å². The van der Waals surface area contributed by atoms with Crippen LogP contribution in [0.3, 0.4) is 0 Å². The Morgan fingerprint density at radius 2 is 2.33 bits per heavy atom. The van der Waals surface area contributed by atoms with Gasteiger partial charge < -0.3 is 10.4 Å². The van der Waals surface area contributed by atoms with Crippen molar-refractivity contribution in [3.8, 4) is 0 Å². The van der Waals surface area contributed by atoms with Crippen molar-refractivity contribution in [1.29, 1.82) is 0 Å². The van der Waals surface area contributed by atoms with Crippen molar-refractivity contribution in [2.75, 3.05) is 6.54 Å². The molecule has 4 nitrogen and oxygen atoms in total. The summed E-state index contributed by atoms with van der Waals surface area (Å²) in [7, 11) is 0. The van der Waals surface area contributed by atoms with Crippen molar-refractivity contribution in [3.05, 3.63) is 34.6 Å². The molecule has 2 aromatic rings. The summed E-state index contributed by atoms with van der Waals surface area (Å²) in [4.78, 5) is 7.45. The first kappa shape index (κ1) is 8.94. The number of hydrogen-bond donors (Lipinski definition) is 3. The average molecular weight is 265 g/mol. The zero-order chi connectivity index (χ0) is 10.3. The van der Waals surface area contributed by atoms with Crippen LogP contribution in [0.2, 0.25) is 0 Å². The van der Waals surface area contributed by atoms with Gasteiger partial charge in [0.05, 0.1) is 5.70 Å². The minimum Gasteiger partial charge on any atom is -0.345 e. The summed E-state index contributed by atoms with van der Waals surface area (Å²) in [5.74, 6) is 0. The standard InChI is InChI=1S/C10H9BrN4/c11-6-3-7-8(9-1-2-14-15-9)5-13-10(7)12-4-6/h1,3-5,14-15H,2H2,(H,12,13). The van der Waals surface area contributed by atoms with E-state index in [1.165, 1.54) is 0 Å². The Morgan fingerprint density at radius 1 is 1.40 bits per heavy atom. The maximum atomic E-state index is 4.29.